The fourth-order valence-corrected chi connectivity index (χ4v) is 4.91. The number of hydrogen-bond acceptors (Lipinski definition) is 6. The molecule has 250 valence electrons. The fraction of sp³-hybridized carbons (Fsp3) is 0.538. The van der Waals surface area contributed by atoms with Crippen LogP contribution in [-0.4, -0.2) is 58.0 Å². The van der Waals surface area contributed by atoms with Crippen LogP contribution in [0.5, 0.6) is 17.2 Å². The summed E-state index contributed by atoms with van der Waals surface area (Å²) in [6.45, 7) is 24.8. The van der Waals surface area contributed by atoms with Crippen LogP contribution in [0.15, 0.2) is 54.6 Å². The van der Waals surface area contributed by atoms with E-state index in [4.69, 9.17) is 28.4 Å². The molecule has 3 heterocycles. The first-order valence-electron chi connectivity index (χ1n) is 16.5. The lowest BCUT2D eigenvalue weighted by molar-refractivity contribution is 0.261. The van der Waals surface area contributed by atoms with Gasteiger partial charge in [0, 0.05) is 5.41 Å². The van der Waals surface area contributed by atoms with Gasteiger partial charge in [-0.15, -0.1) is 0 Å². The lowest BCUT2D eigenvalue weighted by atomic mass is 9.70. The van der Waals surface area contributed by atoms with Crippen LogP contribution in [0.4, 0.5) is 0 Å². The molecule has 3 aliphatic rings. The van der Waals surface area contributed by atoms with Crippen molar-refractivity contribution in [2.75, 3.05) is 39.6 Å². The minimum atomic E-state index is -0.408. The third-order valence-corrected chi connectivity index (χ3v) is 7.74. The van der Waals surface area contributed by atoms with E-state index in [-0.39, 0.29) is 25.7 Å². The molecule has 3 aliphatic heterocycles. The number of aryl methyl sites for hydroxylation is 3. The minimum Gasteiger partial charge on any atom is -0.491 e. The molecule has 0 N–H and O–H groups in total. The molecule has 3 atom stereocenters. The summed E-state index contributed by atoms with van der Waals surface area (Å²) >= 11 is 0. The third kappa shape index (κ3) is 10.2. The molecule has 6 rings (SSSR count). The molecule has 3 fully saturated rings. The number of epoxide rings is 3. The van der Waals surface area contributed by atoms with Crippen molar-refractivity contribution in [3.8, 4) is 17.2 Å². The Morgan fingerprint density at radius 3 is 0.978 bits per heavy atom. The first-order chi connectivity index (χ1) is 21.4. The Morgan fingerprint density at radius 1 is 0.533 bits per heavy atom. The molecule has 0 amide bonds. The van der Waals surface area contributed by atoms with Crippen molar-refractivity contribution in [1.29, 1.82) is 0 Å². The lowest BCUT2D eigenvalue weighted by Gasteiger charge is -2.33. The molecule has 0 aromatic heterocycles. The summed E-state index contributed by atoms with van der Waals surface area (Å²) in [6, 6.07) is 19.6. The first kappa shape index (κ1) is 38.1. The Bertz CT molecular complexity index is 1150. The van der Waals surface area contributed by atoms with Crippen LogP contribution in [0.25, 0.3) is 0 Å². The Kier molecular flexibility index (Phi) is 15.4. The molecule has 6 nitrogen and oxygen atoms in total. The zero-order valence-electron chi connectivity index (χ0n) is 28.6. The van der Waals surface area contributed by atoms with E-state index in [1.807, 2.05) is 41.5 Å². The molecule has 0 spiro atoms. The summed E-state index contributed by atoms with van der Waals surface area (Å²) in [7, 11) is 0. The largest absolute Gasteiger partial charge is 0.491 e. The van der Waals surface area contributed by atoms with Gasteiger partial charge in [0.1, 0.15) is 55.4 Å². The lowest BCUT2D eigenvalue weighted by Crippen LogP contribution is -2.26. The van der Waals surface area contributed by atoms with Crippen molar-refractivity contribution in [3.05, 3.63) is 88.0 Å². The van der Waals surface area contributed by atoms with E-state index < -0.39 is 5.41 Å². The van der Waals surface area contributed by atoms with Crippen LogP contribution in [-0.2, 0) is 19.6 Å². The van der Waals surface area contributed by atoms with Crippen LogP contribution >= 0.6 is 0 Å². The van der Waals surface area contributed by atoms with E-state index in [9.17, 15) is 0 Å². The predicted molar refractivity (Wildman–Crippen MR) is 186 cm³/mol. The van der Waals surface area contributed by atoms with E-state index in [1.165, 1.54) is 16.7 Å². The topological polar surface area (TPSA) is 65.3 Å². The van der Waals surface area contributed by atoms with Crippen molar-refractivity contribution in [2.45, 2.75) is 100 Å². The van der Waals surface area contributed by atoms with Gasteiger partial charge in [-0.25, -0.2) is 0 Å². The summed E-state index contributed by atoms with van der Waals surface area (Å²) in [4.78, 5) is 0. The van der Waals surface area contributed by atoms with E-state index in [1.54, 1.807) is 0 Å². The van der Waals surface area contributed by atoms with E-state index >= 15 is 0 Å². The predicted octanol–water partition coefficient (Wildman–Crippen LogP) is 9.01. The summed E-state index contributed by atoms with van der Waals surface area (Å²) in [5.74, 6) is 2.70. The van der Waals surface area contributed by atoms with Gasteiger partial charge in [-0.3, -0.25) is 0 Å². The second-order valence-corrected chi connectivity index (χ2v) is 10.9. The highest BCUT2D eigenvalue weighted by atomic mass is 16.6. The van der Waals surface area contributed by atoms with Crippen LogP contribution in [0, 0.1) is 20.8 Å². The maximum absolute atomic E-state index is 6.03. The highest BCUT2D eigenvalue weighted by molar-refractivity contribution is 5.55. The maximum Gasteiger partial charge on any atom is 0.122 e. The van der Waals surface area contributed by atoms with E-state index in [2.05, 4.69) is 82.3 Å². The quantitative estimate of drug-likeness (QED) is 0.148. The number of hydrogen-bond donors (Lipinski definition) is 0. The second kappa shape index (κ2) is 18.2. The molecule has 0 saturated carbocycles. The van der Waals surface area contributed by atoms with Crippen molar-refractivity contribution in [3.63, 3.8) is 0 Å². The molecule has 45 heavy (non-hydrogen) atoms. The molecule has 0 radical (unpaired) electrons. The van der Waals surface area contributed by atoms with Gasteiger partial charge in [0.15, 0.2) is 0 Å². The number of benzene rings is 3. The Hall–Kier alpha value is -3.06. The van der Waals surface area contributed by atoms with Crippen LogP contribution < -0.4 is 14.2 Å². The van der Waals surface area contributed by atoms with Crippen molar-refractivity contribution in [1.82, 2.24) is 0 Å². The van der Waals surface area contributed by atoms with Crippen molar-refractivity contribution in [2.24, 2.45) is 0 Å². The Balaban J connectivity index is 0.000000953. The summed E-state index contributed by atoms with van der Waals surface area (Å²) < 4.78 is 34.0. The fourth-order valence-electron chi connectivity index (χ4n) is 4.91. The van der Waals surface area contributed by atoms with Gasteiger partial charge in [0.2, 0.25) is 0 Å². The van der Waals surface area contributed by atoms with E-state index in [0.29, 0.717) is 19.8 Å². The molecule has 3 saturated heterocycles. The molecule has 0 bridgehead atoms. The monoisotopic (exact) mass is 622 g/mol. The summed E-state index contributed by atoms with van der Waals surface area (Å²) in [5.41, 5.74) is 6.51. The van der Waals surface area contributed by atoms with Gasteiger partial charge >= 0.3 is 0 Å². The zero-order chi connectivity index (χ0) is 32.3. The van der Waals surface area contributed by atoms with Gasteiger partial charge in [-0.2, -0.15) is 0 Å². The van der Waals surface area contributed by atoms with E-state index in [0.717, 1.165) is 53.8 Å². The highest BCUT2D eigenvalue weighted by Gasteiger charge is 2.33. The minimum absolute atomic E-state index is 0. The average molecular weight is 623 g/mol. The van der Waals surface area contributed by atoms with Gasteiger partial charge in [-0.1, -0.05) is 85.4 Å². The van der Waals surface area contributed by atoms with Gasteiger partial charge < -0.3 is 28.4 Å². The third-order valence-electron chi connectivity index (χ3n) is 7.74. The SMILES string of the molecule is C.CC.CC.CC.Cc1cc(C(C)(c2ccc(OCC3CO3)c(C)c2)c2ccc(OCC3CO3)c(C)c2)ccc1OCC1CO1. The molecule has 3 aromatic carbocycles. The highest BCUT2D eigenvalue weighted by Crippen LogP contribution is 2.43. The van der Waals surface area contributed by atoms with Crippen LogP contribution in [0.3, 0.4) is 0 Å². The van der Waals surface area contributed by atoms with Crippen molar-refractivity contribution >= 4 is 0 Å². The summed E-state index contributed by atoms with van der Waals surface area (Å²) in [6.07, 6.45) is 0.680. The number of rotatable bonds is 12. The van der Waals surface area contributed by atoms with Gasteiger partial charge in [-0.05, 0) is 79.3 Å². The Labute approximate surface area is 273 Å². The zero-order valence-corrected chi connectivity index (χ0v) is 28.6. The molecule has 6 heteroatoms. The van der Waals surface area contributed by atoms with Gasteiger partial charge in [0.25, 0.3) is 0 Å². The maximum atomic E-state index is 6.03. The van der Waals surface area contributed by atoms with Gasteiger partial charge in [0.05, 0.1) is 19.8 Å². The number of ether oxygens (including phenoxy) is 6. The molecule has 0 aliphatic carbocycles. The molecule has 3 aromatic rings. The second-order valence-electron chi connectivity index (χ2n) is 10.9. The molecular formula is C39H58O6. The smallest absolute Gasteiger partial charge is 0.122 e. The normalized spacial score (nSPS) is 19.7. The average Bonchev–Trinajstić information content (AvgIpc) is 3.89. The van der Waals surface area contributed by atoms with Crippen molar-refractivity contribution < 1.29 is 28.4 Å². The van der Waals surface area contributed by atoms with Crippen LogP contribution in [0.2, 0.25) is 0 Å². The first-order valence-corrected chi connectivity index (χ1v) is 16.5. The molecule has 3 unspecified atom stereocenters. The molecular weight excluding hydrogens is 564 g/mol. The van der Waals surface area contributed by atoms with Crippen LogP contribution in [0.1, 0.15) is 89.3 Å². The Morgan fingerprint density at radius 2 is 0.778 bits per heavy atom. The summed E-state index contributed by atoms with van der Waals surface area (Å²) in [5, 5.41) is 0. The standard InChI is InChI=1S/C32H36O6.3C2H6.CH4/c1-20-11-23(5-8-29(20)36-17-26-14-33-26)32(4,24-6-9-30(21(2)12-24)37-18-27-15-34-27)25-7-10-31(22(3)13-25)38-19-28-16-35-28;3*1-2;/h5-13,26-28H,14-19H2,1-4H3;3*1-2H3;1H4.